The Bertz CT molecular complexity index is 581. The summed E-state index contributed by atoms with van der Waals surface area (Å²) < 4.78 is 61.4. The molecule has 2 atom stereocenters. The Kier molecular flexibility index (Phi) is 4.63. The number of nitrogens with two attached hydrogens (primary N) is 1. The highest BCUT2D eigenvalue weighted by molar-refractivity contribution is 7.92. The van der Waals surface area contributed by atoms with E-state index in [1.807, 2.05) is 0 Å². The lowest BCUT2D eigenvalue weighted by Gasteiger charge is -2.27. The Balaban J connectivity index is 2.07. The van der Waals surface area contributed by atoms with Crippen molar-refractivity contribution in [3.05, 3.63) is 35.4 Å². The van der Waals surface area contributed by atoms with Gasteiger partial charge in [0.1, 0.15) is 0 Å². The van der Waals surface area contributed by atoms with E-state index in [1.165, 1.54) is 12.1 Å². The Hall–Kier alpha value is -1.08. The van der Waals surface area contributed by atoms with Crippen molar-refractivity contribution in [3.8, 4) is 0 Å². The molecule has 7 heteroatoms. The average molecular weight is 321 g/mol. The third kappa shape index (κ3) is 3.97. The first kappa shape index (κ1) is 16.3. The van der Waals surface area contributed by atoms with Crippen molar-refractivity contribution in [2.45, 2.75) is 43.2 Å². The van der Waals surface area contributed by atoms with Crippen molar-refractivity contribution in [3.63, 3.8) is 0 Å². The van der Waals surface area contributed by atoms with Gasteiger partial charge in [0.2, 0.25) is 0 Å². The van der Waals surface area contributed by atoms with E-state index in [4.69, 9.17) is 5.73 Å². The molecule has 0 bridgehead atoms. The van der Waals surface area contributed by atoms with Gasteiger partial charge in [0.25, 0.3) is 0 Å². The Morgan fingerprint density at radius 1 is 1.19 bits per heavy atom. The number of benzene rings is 1. The first-order chi connectivity index (χ1) is 9.70. The van der Waals surface area contributed by atoms with Crippen molar-refractivity contribution in [1.29, 1.82) is 0 Å². The number of sulfone groups is 1. The highest BCUT2D eigenvalue weighted by Crippen LogP contribution is 2.29. The van der Waals surface area contributed by atoms with Crippen LogP contribution in [0, 0.1) is 0 Å². The molecule has 1 fully saturated rings. The summed E-state index contributed by atoms with van der Waals surface area (Å²) >= 11 is 0. The standard InChI is InChI=1S/C14H18F3NO2S/c15-14(16,17)11-6-4-10(5-7-11)9-12(18)13-3-1-2-8-21(13,19)20/h4-7,12-13H,1-3,8-9,18H2. The van der Waals surface area contributed by atoms with Crippen LogP contribution in [0.15, 0.2) is 24.3 Å². The van der Waals surface area contributed by atoms with E-state index >= 15 is 0 Å². The first-order valence-electron chi connectivity index (χ1n) is 6.83. The second kappa shape index (κ2) is 5.96. The van der Waals surface area contributed by atoms with Crippen LogP contribution in [0.3, 0.4) is 0 Å². The minimum atomic E-state index is -4.37. The van der Waals surface area contributed by atoms with E-state index in [-0.39, 0.29) is 12.2 Å². The average Bonchev–Trinajstić information content (AvgIpc) is 2.37. The predicted octanol–water partition coefficient (Wildman–Crippen LogP) is 2.54. The van der Waals surface area contributed by atoms with Crippen LogP contribution in [-0.2, 0) is 22.4 Å². The van der Waals surface area contributed by atoms with E-state index in [9.17, 15) is 21.6 Å². The zero-order valence-corrected chi connectivity index (χ0v) is 12.3. The molecule has 1 aliphatic heterocycles. The van der Waals surface area contributed by atoms with Crippen molar-refractivity contribution in [2.24, 2.45) is 5.73 Å². The van der Waals surface area contributed by atoms with E-state index in [0.717, 1.165) is 18.6 Å². The lowest BCUT2D eigenvalue weighted by molar-refractivity contribution is -0.137. The lowest BCUT2D eigenvalue weighted by atomic mass is 9.99. The highest BCUT2D eigenvalue weighted by Gasteiger charge is 2.34. The number of hydrogen-bond donors (Lipinski definition) is 1. The normalized spacial score (nSPS) is 23.7. The van der Waals surface area contributed by atoms with Gasteiger partial charge in [-0.05, 0) is 37.0 Å². The maximum Gasteiger partial charge on any atom is 0.416 e. The highest BCUT2D eigenvalue weighted by atomic mass is 32.2. The van der Waals surface area contributed by atoms with Crippen LogP contribution in [0.1, 0.15) is 30.4 Å². The van der Waals surface area contributed by atoms with Crippen molar-refractivity contribution in [2.75, 3.05) is 5.75 Å². The molecule has 1 heterocycles. The largest absolute Gasteiger partial charge is 0.416 e. The molecule has 2 rings (SSSR count). The maximum atomic E-state index is 12.5. The van der Waals surface area contributed by atoms with Crippen molar-refractivity contribution >= 4 is 9.84 Å². The number of hydrogen-bond acceptors (Lipinski definition) is 3. The second-order valence-corrected chi connectivity index (χ2v) is 7.80. The van der Waals surface area contributed by atoms with Gasteiger partial charge in [-0.3, -0.25) is 0 Å². The minimum Gasteiger partial charge on any atom is -0.326 e. The molecule has 118 valence electrons. The fraction of sp³-hybridized carbons (Fsp3) is 0.571. The Morgan fingerprint density at radius 3 is 2.33 bits per heavy atom. The molecule has 0 radical (unpaired) electrons. The van der Waals surface area contributed by atoms with Gasteiger partial charge in [-0.25, -0.2) is 8.42 Å². The number of alkyl halides is 3. The zero-order chi connectivity index (χ0) is 15.7. The summed E-state index contributed by atoms with van der Waals surface area (Å²) in [4.78, 5) is 0. The van der Waals surface area contributed by atoms with Crippen LogP contribution >= 0.6 is 0 Å². The van der Waals surface area contributed by atoms with Crippen LogP contribution in [0.2, 0.25) is 0 Å². The molecule has 0 aliphatic carbocycles. The van der Waals surface area contributed by atoms with Gasteiger partial charge in [0.15, 0.2) is 9.84 Å². The molecule has 1 saturated heterocycles. The van der Waals surface area contributed by atoms with E-state index < -0.39 is 32.9 Å². The van der Waals surface area contributed by atoms with Gasteiger partial charge in [0.05, 0.1) is 16.6 Å². The summed E-state index contributed by atoms with van der Waals surface area (Å²) in [5.74, 6) is 0.151. The van der Waals surface area contributed by atoms with Gasteiger partial charge in [-0.1, -0.05) is 18.6 Å². The number of halogens is 3. The molecule has 21 heavy (non-hydrogen) atoms. The van der Waals surface area contributed by atoms with Crippen LogP contribution in [-0.4, -0.2) is 25.5 Å². The molecule has 2 N–H and O–H groups in total. The fourth-order valence-corrected chi connectivity index (χ4v) is 4.76. The Morgan fingerprint density at radius 2 is 1.81 bits per heavy atom. The van der Waals surface area contributed by atoms with Crippen LogP contribution in [0.25, 0.3) is 0 Å². The smallest absolute Gasteiger partial charge is 0.326 e. The Labute approximate surface area is 122 Å². The molecule has 2 unspecified atom stereocenters. The molecule has 1 aromatic carbocycles. The zero-order valence-electron chi connectivity index (χ0n) is 11.4. The predicted molar refractivity (Wildman–Crippen MR) is 74.5 cm³/mol. The summed E-state index contributed by atoms with van der Waals surface area (Å²) in [7, 11) is -3.18. The summed E-state index contributed by atoms with van der Waals surface area (Å²) in [6, 6.07) is 4.14. The molecule has 0 amide bonds. The molecule has 3 nitrogen and oxygen atoms in total. The van der Waals surface area contributed by atoms with Crippen LogP contribution in [0.4, 0.5) is 13.2 Å². The van der Waals surface area contributed by atoms with Gasteiger partial charge in [0, 0.05) is 6.04 Å². The van der Waals surface area contributed by atoms with Gasteiger partial charge < -0.3 is 5.73 Å². The monoisotopic (exact) mass is 321 g/mol. The molecule has 0 aromatic heterocycles. The molecular formula is C14H18F3NO2S. The van der Waals surface area contributed by atoms with Crippen LogP contribution < -0.4 is 5.73 Å². The first-order valence-corrected chi connectivity index (χ1v) is 8.55. The second-order valence-electron chi connectivity index (χ2n) is 5.46. The number of rotatable bonds is 3. The summed E-state index contributed by atoms with van der Waals surface area (Å²) in [5.41, 5.74) is 5.88. The molecule has 1 aromatic rings. The van der Waals surface area contributed by atoms with Gasteiger partial charge >= 0.3 is 6.18 Å². The fourth-order valence-electron chi connectivity index (χ4n) is 2.69. The lowest BCUT2D eigenvalue weighted by Crippen LogP contribution is -2.44. The summed E-state index contributed by atoms with van der Waals surface area (Å²) in [5, 5.41) is -0.589. The van der Waals surface area contributed by atoms with E-state index in [1.54, 1.807) is 0 Å². The molecule has 0 saturated carbocycles. The quantitative estimate of drug-likeness (QED) is 0.931. The topological polar surface area (TPSA) is 60.2 Å². The molecule has 1 aliphatic rings. The van der Waals surface area contributed by atoms with Crippen molar-refractivity contribution < 1.29 is 21.6 Å². The molecule has 0 spiro atoms. The van der Waals surface area contributed by atoms with E-state index in [0.29, 0.717) is 18.4 Å². The van der Waals surface area contributed by atoms with Crippen LogP contribution in [0.5, 0.6) is 0 Å². The third-order valence-electron chi connectivity index (χ3n) is 3.86. The molecular weight excluding hydrogens is 303 g/mol. The van der Waals surface area contributed by atoms with Crippen molar-refractivity contribution in [1.82, 2.24) is 0 Å². The van der Waals surface area contributed by atoms with Gasteiger partial charge in [-0.2, -0.15) is 13.2 Å². The van der Waals surface area contributed by atoms with Gasteiger partial charge in [-0.15, -0.1) is 0 Å². The third-order valence-corrected chi connectivity index (χ3v) is 6.22. The maximum absolute atomic E-state index is 12.5. The summed E-state index contributed by atoms with van der Waals surface area (Å²) in [6.07, 6.45) is -2.09. The van der Waals surface area contributed by atoms with E-state index in [2.05, 4.69) is 0 Å². The SMILES string of the molecule is NC(Cc1ccc(C(F)(F)F)cc1)C1CCCCS1(=O)=O. The minimum absolute atomic E-state index is 0.151. The summed E-state index contributed by atoms with van der Waals surface area (Å²) in [6.45, 7) is 0.